The van der Waals surface area contributed by atoms with E-state index in [1.807, 2.05) is 0 Å². The fraction of sp³-hybridized carbons (Fsp3) is 0.125. The van der Waals surface area contributed by atoms with Crippen molar-refractivity contribution in [1.29, 1.82) is 0 Å². The molecule has 3 N–H and O–H groups in total. The van der Waals surface area contributed by atoms with Crippen LogP contribution in [-0.2, 0) is 10.0 Å². The molecule has 0 amide bonds. The minimum Gasteiger partial charge on any atom is -0.478 e. The zero-order valence-electron chi connectivity index (χ0n) is 8.43. The highest BCUT2D eigenvalue weighted by Crippen LogP contribution is 2.28. The van der Waals surface area contributed by atoms with Crippen LogP contribution < -0.4 is 9.88 Å². The van der Waals surface area contributed by atoms with Crippen molar-refractivity contribution in [1.82, 2.24) is 0 Å². The molecule has 0 spiro atoms. The molecule has 0 aliphatic carbocycles. The number of rotatable bonds is 3. The van der Waals surface area contributed by atoms with Gasteiger partial charge in [0.1, 0.15) is 11.3 Å². The van der Waals surface area contributed by atoms with Crippen molar-refractivity contribution in [3.05, 3.63) is 23.8 Å². The number of hydrogen-bond acceptors (Lipinski definition) is 4. The topological polar surface area (TPSA) is 107 Å². The zero-order valence-corrected chi connectivity index (χ0v) is 9.25. The lowest BCUT2D eigenvalue weighted by Crippen LogP contribution is -2.20. The van der Waals surface area contributed by atoms with Gasteiger partial charge >= 0.3 is 12.3 Å². The molecule has 0 radical (unpaired) electrons. The number of hydrogen-bond donors (Lipinski definition) is 2. The fourth-order valence-electron chi connectivity index (χ4n) is 1.07. The van der Waals surface area contributed by atoms with Gasteiger partial charge in [-0.15, -0.1) is 13.2 Å². The first kappa shape index (κ1) is 14.3. The van der Waals surface area contributed by atoms with Crippen molar-refractivity contribution in [3.8, 4) is 5.75 Å². The number of ether oxygens (including phenoxy) is 1. The van der Waals surface area contributed by atoms with Gasteiger partial charge in [0, 0.05) is 0 Å². The highest BCUT2D eigenvalue weighted by Gasteiger charge is 2.33. The summed E-state index contributed by atoms with van der Waals surface area (Å²) in [7, 11) is -4.22. The first-order valence-corrected chi connectivity index (χ1v) is 5.71. The first-order valence-electron chi connectivity index (χ1n) is 4.16. The molecule has 0 saturated heterocycles. The van der Waals surface area contributed by atoms with Gasteiger partial charge in [-0.2, -0.15) is 0 Å². The van der Waals surface area contributed by atoms with Crippen LogP contribution in [0.25, 0.3) is 0 Å². The molecule has 0 saturated carbocycles. The molecule has 0 aliphatic heterocycles. The highest BCUT2D eigenvalue weighted by molar-refractivity contribution is 7.89. The Morgan fingerprint density at radius 1 is 1.33 bits per heavy atom. The second-order valence-electron chi connectivity index (χ2n) is 3.06. The van der Waals surface area contributed by atoms with E-state index >= 15 is 0 Å². The number of halogens is 3. The molecule has 1 aromatic rings. The Hall–Kier alpha value is -1.81. The minimum atomic E-state index is -5.09. The van der Waals surface area contributed by atoms with Crippen LogP contribution in [0, 0.1) is 0 Å². The number of primary sulfonamides is 1. The van der Waals surface area contributed by atoms with E-state index in [4.69, 9.17) is 10.2 Å². The van der Waals surface area contributed by atoms with E-state index in [0.717, 1.165) is 0 Å². The van der Waals surface area contributed by atoms with Gasteiger partial charge in [-0.1, -0.05) is 0 Å². The molecule has 0 atom stereocenters. The summed E-state index contributed by atoms with van der Waals surface area (Å²) in [6, 6.07) is 1.76. The molecular weight excluding hydrogens is 279 g/mol. The van der Waals surface area contributed by atoms with Gasteiger partial charge in [0.25, 0.3) is 0 Å². The van der Waals surface area contributed by atoms with E-state index in [-0.39, 0.29) is 0 Å². The molecular formula is C8H6F3NO5S. The van der Waals surface area contributed by atoms with Gasteiger partial charge in [-0.05, 0) is 18.2 Å². The van der Waals surface area contributed by atoms with E-state index in [1.165, 1.54) is 0 Å². The van der Waals surface area contributed by atoms with Crippen molar-refractivity contribution in [2.75, 3.05) is 0 Å². The summed E-state index contributed by atoms with van der Waals surface area (Å²) in [5, 5.41) is 13.4. The van der Waals surface area contributed by atoms with Crippen LogP contribution in [-0.4, -0.2) is 25.9 Å². The molecule has 10 heteroatoms. The number of benzene rings is 1. The van der Waals surface area contributed by atoms with E-state index in [2.05, 4.69) is 4.74 Å². The second kappa shape index (κ2) is 4.46. The van der Waals surface area contributed by atoms with Crippen molar-refractivity contribution >= 4 is 16.0 Å². The molecule has 1 aromatic carbocycles. The van der Waals surface area contributed by atoms with Crippen LogP contribution >= 0.6 is 0 Å². The van der Waals surface area contributed by atoms with E-state index in [1.54, 1.807) is 0 Å². The van der Waals surface area contributed by atoms with Crippen LogP contribution in [0.15, 0.2) is 23.1 Å². The lowest BCUT2D eigenvalue weighted by Gasteiger charge is -2.11. The largest absolute Gasteiger partial charge is 0.573 e. The number of alkyl halides is 3. The average molecular weight is 285 g/mol. The predicted octanol–water partition coefficient (Wildman–Crippen LogP) is 0.931. The third kappa shape index (κ3) is 3.60. The average Bonchev–Trinajstić information content (AvgIpc) is 2.13. The maximum atomic E-state index is 12.0. The van der Waals surface area contributed by atoms with E-state index in [9.17, 15) is 26.4 Å². The summed E-state index contributed by atoms with van der Waals surface area (Å²) in [4.78, 5) is 10.1. The molecule has 0 heterocycles. The molecule has 6 nitrogen and oxygen atoms in total. The van der Waals surface area contributed by atoms with Crippen LogP contribution in [0.1, 0.15) is 10.4 Å². The third-order valence-electron chi connectivity index (χ3n) is 1.74. The Bertz CT molecular complexity index is 581. The van der Waals surface area contributed by atoms with Gasteiger partial charge in [0.2, 0.25) is 10.0 Å². The summed E-state index contributed by atoms with van der Waals surface area (Å²) in [5.41, 5.74) is -0.959. The lowest BCUT2D eigenvalue weighted by atomic mass is 10.2. The molecule has 1 rings (SSSR count). The number of carbonyl (C=O) groups is 1. The molecule has 0 aromatic heterocycles. The van der Waals surface area contributed by atoms with Crippen molar-refractivity contribution in [2.24, 2.45) is 5.14 Å². The number of carboxylic acid groups (broad SMARTS) is 1. The maximum Gasteiger partial charge on any atom is 0.573 e. The lowest BCUT2D eigenvalue weighted by molar-refractivity contribution is -0.274. The molecule has 100 valence electrons. The first-order chi connectivity index (χ1) is 8.00. The van der Waals surface area contributed by atoms with Crippen molar-refractivity contribution in [3.63, 3.8) is 0 Å². The molecule has 0 aliphatic rings. The molecule has 0 unspecified atom stereocenters. The summed E-state index contributed by atoms with van der Waals surface area (Å²) in [6.45, 7) is 0. The highest BCUT2D eigenvalue weighted by atomic mass is 32.2. The summed E-state index contributed by atoms with van der Waals surface area (Å²) >= 11 is 0. The summed E-state index contributed by atoms with van der Waals surface area (Å²) in [5.74, 6) is -2.80. The summed E-state index contributed by atoms with van der Waals surface area (Å²) in [6.07, 6.45) is -5.09. The second-order valence-corrected chi connectivity index (χ2v) is 4.62. The Kier molecular flexibility index (Phi) is 3.53. The standard InChI is InChI=1S/C8H6F3NO5S/c9-8(10,11)17-6-2-1-4(18(12,15)16)3-5(6)7(13)14/h1-3H,(H,13,14)(H2,12,15,16). The summed E-state index contributed by atoms with van der Waals surface area (Å²) < 4.78 is 61.2. The van der Waals surface area contributed by atoms with Gasteiger partial charge in [-0.3, -0.25) is 0 Å². The number of nitrogens with two attached hydrogens (primary N) is 1. The van der Waals surface area contributed by atoms with Gasteiger partial charge in [-0.25, -0.2) is 18.4 Å². The van der Waals surface area contributed by atoms with Gasteiger partial charge < -0.3 is 9.84 Å². The Morgan fingerprint density at radius 3 is 2.28 bits per heavy atom. The maximum absolute atomic E-state index is 12.0. The number of aromatic carboxylic acids is 1. The number of carboxylic acids is 1. The van der Waals surface area contributed by atoms with Crippen LogP contribution in [0.3, 0.4) is 0 Å². The van der Waals surface area contributed by atoms with Gasteiger partial charge in [0.05, 0.1) is 4.90 Å². The Labute approximate surface area is 98.8 Å². The van der Waals surface area contributed by atoms with Crippen LogP contribution in [0.2, 0.25) is 0 Å². The third-order valence-corrected chi connectivity index (χ3v) is 2.65. The van der Waals surface area contributed by atoms with E-state index in [0.29, 0.717) is 18.2 Å². The SMILES string of the molecule is NS(=O)(=O)c1ccc(OC(F)(F)F)c(C(=O)O)c1. The smallest absolute Gasteiger partial charge is 0.478 e. The van der Waals surface area contributed by atoms with Crippen molar-refractivity contribution in [2.45, 2.75) is 11.3 Å². The monoisotopic (exact) mass is 285 g/mol. The molecule has 0 fully saturated rings. The normalized spacial score (nSPS) is 12.2. The zero-order chi connectivity index (χ0) is 14.1. The quantitative estimate of drug-likeness (QED) is 0.859. The Balaban J connectivity index is 3.35. The predicted molar refractivity (Wildman–Crippen MR) is 51.5 cm³/mol. The van der Waals surface area contributed by atoms with Gasteiger partial charge in [0.15, 0.2) is 0 Å². The van der Waals surface area contributed by atoms with Crippen LogP contribution in [0.5, 0.6) is 5.75 Å². The number of sulfonamides is 1. The van der Waals surface area contributed by atoms with E-state index < -0.39 is 38.6 Å². The Morgan fingerprint density at radius 2 is 1.89 bits per heavy atom. The van der Waals surface area contributed by atoms with Crippen LogP contribution in [0.4, 0.5) is 13.2 Å². The van der Waals surface area contributed by atoms with Crippen molar-refractivity contribution < 1.29 is 36.2 Å². The molecule has 0 bridgehead atoms. The fourth-order valence-corrected chi connectivity index (χ4v) is 1.61. The molecule has 18 heavy (non-hydrogen) atoms. The minimum absolute atomic E-state index is 0.485.